The van der Waals surface area contributed by atoms with Gasteiger partial charge in [0.15, 0.2) is 0 Å². The molecule has 0 saturated carbocycles. The van der Waals surface area contributed by atoms with Gasteiger partial charge >= 0.3 is 0 Å². The van der Waals surface area contributed by atoms with Gasteiger partial charge in [0, 0.05) is 17.6 Å². The van der Waals surface area contributed by atoms with E-state index >= 15 is 0 Å². The van der Waals surface area contributed by atoms with Crippen molar-refractivity contribution in [3.8, 4) is 5.75 Å². The van der Waals surface area contributed by atoms with Crippen LogP contribution in [0, 0.1) is 0 Å². The molecule has 40 heavy (non-hydrogen) atoms. The second-order valence-corrected chi connectivity index (χ2v) is 11.7. The van der Waals surface area contributed by atoms with Gasteiger partial charge in [-0.25, -0.2) is 8.42 Å². The van der Waals surface area contributed by atoms with Gasteiger partial charge in [-0.05, 0) is 69.2 Å². The van der Waals surface area contributed by atoms with E-state index in [0.717, 1.165) is 16.3 Å². The summed E-state index contributed by atoms with van der Waals surface area (Å²) in [7, 11) is -4.24. The Morgan fingerprint density at radius 1 is 0.925 bits per heavy atom. The van der Waals surface area contributed by atoms with E-state index in [4.69, 9.17) is 16.3 Å². The number of para-hydroxylation sites is 2. The molecule has 3 rings (SSSR count). The summed E-state index contributed by atoms with van der Waals surface area (Å²) >= 11 is 6.01. The summed E-state index contributed by atoms with van der Waals surface area (Å²) in [5.74, 6) is -0.549. The van der Waals surface area contributed by atoms with Crippen LogP contribution in [0.15, 0.2) is 83.8 Å². The molecule has 8 nitrogen and oxygen atoms in total. The Bertz CT molecular complexity index is 1380. The van der Waals surface area contributed by atoms with Crippen LogP contribution in [0.25, 0.3) is 0 Å². The number of ether oxygens (including phenoxy) is 1. The minimum Gasteiger partial charge on any atom is -0.492 e. The number of amides is 2. The topological polar surface area (TPSA) is 96.0 Å². The van der Waals surface area contributed by atoms with Crippen molar-refractivity contribution in [3.05, 3.63) is 89.4 Å². The molecule has 0 aliphatic heterocycles. The fraction of sp³-hybridized carbons (Fsp3) is 0.333. The average molecular weight is 586 g/mol. The van der Waals surface area contributed by atoms with Crippen LogP contribution >= 0.6 is 11.6 Å². The van der Waals surface area contributed by atoms with Crippen LogP contribution in [0.4, 0.5) is 5.69 Å². The summed E-state index contributed by atoms with van der Waals surface area (Å²) in [6, 6.07) is 20.7. The number of hydrogen-bond donors (Lipinski definition) is 1. The molecule has 1 N–H and O–H groups in total. The number of benzene rings is 3. The maximum atomic E-state index is 14.0. The Labute approximate surface area is 241 Å². The normalized spacial score (nSPS) is 12.7. The maximum Gasteiger partial charge on any atom is 0.264 e. The number of carbonyl (C=O) groups excluding carboxylic acids is 2. The lowest BCUT2D eigenvalue weighted by Gasteiger charge is -2.32. The molecular weight excluding hydrogens is 550 g/mol. The first-order valence-electron chi connectivity index (χ1n) is 13.2. The van der Waals surface area contributed by atoms with Crippen molar-refractivity contribution in [3.63, 3.8) is 0 Å². The molecule has 10 heteroatoms. The highest BCUT2D eigenvalue weighted by molar-refractivity contribution is 7.92. The number of nitrogens with one attached hydrogen (secondary N) is 1. The van der Waals surface area contributed by atoms with Gasteiger partial charge in [0.05, 0.1) is 17.2 Å². The van der Waals surface area contributed by atoms with Crippen LogP contribution < -0.4 is 14.4 Å². The third-order valence-corrected chi connectivity index (χ3v) is 8.50. The highest BCUT2D eigenvalue weighted by Crippen LogP contribution is 2.33. The molecule has 214 valence electrons. The zero-order valence-corrected chi connectivity index (χ0v) is 24.8. The smallest absolute Gasteiger partial charge is 0.264 e. The molecule has 2 atom stereocenters. The lowest BCUT2D eigenvalue weighted by atomic mass is 10.1. The fourth-order valence-corrected chi connectivity index (χ4v) is 5.57. The lowest BCUT2D eigenvalue weighted by molar-refractivity contribution is -0.139. The summed E-state index contributed by atoms with van der Waals surface area (Å²) in [6.07, 6.45) is 0.729. The lowest BCUT2D eigenvalue weighted by Crippen LogP contribution is -2.52. The minimum atomic E-state index is -4.24. The largest absolute Gasteiger partial charge is 0.492 e. The van der Waals surface area contributed by atoms with Crippen molar-refractivity contribution < 1.29 is 22.7 Å². The van der Waals surface area contributed by atoms with E-state index in [-0.39, 0.29) is 29.1 Å². The predicted molar refractivity (Wildman–Crippen MR) is 158 cm³/mol. The highest BCUT2D eigenvalue weighted by Gasteiger charge is 2.34. The van der Waals surface area contributed by atoms with Crippen LogP contribution in [0.2, 0.25) is 5.02 Å². The second-order valence-electron chi connectivity index (χ2n) is 9.37. The van der Waals surface area contributed by atoms with E-state index in [0.29, 0.717) is 17.4 Å². The molecule has 0 aliphatic carbocycles. The molecule has 0 aromatic heterocycles. The highest BCUT2D eigenvalue weighted by atomic mass is 35.5. The van der Waals surface area contributed by atoms with Crippen molar-refractivity contribution in [1.29, 1.82) is 0 Å². The van der Waals surface area contributed by atoms with E-state index in [1.54, 1.807) is 38.1 Å². The van der Waals surface area contributed by atoms with Crippen LogP contribution in [0.5, 0.6) is 5.75 Å². The van der Waals surface area contributed by atoms with E-state index in [2.05, 4.69) is 5.32 Å². The molecule has 3 aromatic carbocycles. The number of sulfonamides is 1. The van der Waals surface area contributed by atoms with Gasteiger partial charge in [-0.3, -0.25) is 13.9 Å². The zero-order chi connectivity index (χ0) is 29.3. The first-order chi connectivity index (χ1) is 19.1. The quantitative estimate of drug-likeness (QED) is 0.295. The fourth-order valence-electron chi connectivity index (χ4n) is 4.02. The zero-order valence-electron chi connectivity index (χ0n) is 23.2. The summed E-state index contributed by atoms with van der Waals surface area (Å²) in [6.45, 7) is 7.15. The molecule has 3 aromatic rings. The van der Waals surface area contributed by atoms with Gasteiger partial charge < -0.3 is 15.0 Å². The molecule has 0 saturated heterocycles. The molecule has 0 heterocycles. The molecule has 0 radical (unpaired) electrons. The summed E-state index contributed by atoms with van der Waals surface area (Å²) in [4.78, 5) is 28.5. The standard InChI is InChI=1S/C30H36ClN3O5S/c1-5-22(3)32-30(36)23(4)33(20-24-12-8-7-9-13-24)29(35)21-34(27-14-10-11-15-28(27)39-6-2)40(37,38)26-18-16-25(31)17-19-26/h7-19,22-23H,5-6,20-21H2,1-4H3,(H,32,36)/t22-,23+/m1/s1. The molecule has 0 spiro atoms. The van der Waals surface area contributed by atoms with Crippen molar-refractivity contribution >= 4 is 39.1 Å². The maximum absolute atomic E-state index is 14.0. The van der Waals surface area contributed by atoms with Crippen LogP contribution in [0.1, 0.15) is 39.7 Å². The second kappa shape index (κ2) is 14.2. The monoisotopic (exact) mass is 585 g/mol. The molecule has 0 bridgehead atoms. The summed E-state index contributed by atoms with van der Waals surface area (Å²) in [5, 5.41) is 3.31. The average Bonchev–Trinajstić information content (AvgIpc) is 2.95. The van der Waals surface area contributed by atoms with Gasteiger partial charge in [0.25, 0.3) is 10.0 Å². The van der Waals surface area contributed by atoms with Gasteiger partial charge in [-0.2, -0.15) is 0 Å². The first kappa shape index (κ1) is 31.0. The van der Waals surface area contributed by atoms with Crippen LogP contribution in [-0.2, 0) is 26.2 Å². The number of rotatable bonds is 13. The molecule has 0 unspecified atom stereocenters. The summed E-state index contributed by atoms with van der Waals surface area (Å²) in [5.41, 5.74) is 1.02. The molecule has 0 aliphatic rings. The van der Waals surface area contributed by atoms with Gasteiger partial charge in [-0.1, -0.05) is 61.0 Å². The molecule has 2 amide bonds. The Morgan fingerprint density at radius 3 is 2.17 bits per heavy atom. The molecule has 0 fully saturated rings. The van der Waals surface area contributed by atoms with Crippen LogP contribution in [-0.4, -0.2) is 50.4 Å². The molecular formula is C30H36ClN3O5S. The number of hydrogen-bond acceptors (Lipinski definition) is 5. The number of anilines is 1. The predicted octanol–water partition coefficient (Wildman–Crippen LogP) is 5.27. The SMILES string of the molecule is CCOc1ccccc1N(CC(=O)N(Cc1ccccc1)[C@@H](C)C(=O)N[C@H](C)CC)S(=O)(=O)c1ccc(Cl)cc1. The van der Waals surface area contributed by atoms with E-state index in [1.165, 1.54) is 29.2 Å². The van der Waals surface area contributed by atoms with E-state index < -0.39 is 28.5 Å². The first-order valence-corrected chi connectivity index (χ1v) is 15.0. The van der Waals surface area contributed by atoms with Crippen molar-refractivity contribution in [1.82, 2.24) is 10.2 Å². The number of halogens is 1. The third-order valence-electron chi connectivity index (χ3n) is 6.48. The van der Waals surface area contributed by atoms with E-state index in [9.17, 15) is 18.0 Å². The van der Waals surface area contributed by atoms with E-state index in [1.807, 2.05) is 44.2 Å². The van der Waals surface area contributed by atoms with Crippen molar-refractivity contribution in [2.45, 2.75) is 57.6 Å². The third kappa shape index (κ3) is 7.76. The summed E-state index contributed by atoms with van der Waals surface area (Å²) < 4.78 is 34.7. The van der Waals surface area contributed by atoms with Gasteiger partial charge in [0.1, 0.15) is 18.3 Å². The van der Waals surface area contributed by atoms with Crippen LogP contribution in [0.3, 0.4) is 0 Å². The van der Waals surface area contributed by atoms with Gasteiger partial charge in [0.2, 0.25) is 11.8 Å². The Kier molecular flexibility index (Phi) is 11.0. The number of carbonyl (C=O) groups is 2. The van der Waals surface area contributed by atoms with Gasteiger partial charge in [-0.15, -0.1) is 0 Å². The van der Waals surface area contributed by atoms with Crippen molar-refractivity contribution in [2.75, 3.05) is 17.5 Å². The van der Waals surface area contributed by atoms with Crippen molar-refractivity contribution in [2.24, 2.45) is 0 Å². The Hall–Kier alpha value is -3.56. The minimum absolute atomic E-state index is 0.0341. The Balaban J connectivity index is 2.06. The Morgan fingerprint density at radius 2 is 1.55 bits per heavy atom. The number of nitrogens with zero attached hydrogens (tertiary/aromatic N) is 2.